The fourth-order valence-electron chi connectivity index (χ4n) is 4.43. The molecular formula is C27H33N4O9P. The standard InChI is InChI=1S/C27H33N4O9P/c1-6-12-27(35)22(32)20(39-26(27)31-15-28-21-23(31)29-18(5)30-24(21)33)13-37-41(36,40-19-10-8-7-9-11-19)14-17(4)25(34)38-16(2)3/h7-11,15-17,20,22,26,32,35H,13-14H2,1-5H3,(H,29,30,33)/t17-,20-,22+,26-,27?,41+/m1/s1. The lowest BCUT2D eigenvalue weighted by atomic mass is 9.94. The Hall–Kier alpha value is -3.53. The summed E-state index contributed by atoms with van der Waals surface area (Å²) >= 11 is 0. The number of benzene rings is 1. The average Bonchev–Trinajstić information content (AvgIpc) is 3.42. The number of aromatic nitrogens is 4. The van der Waals surface area contributed by atoms with Gasteiger partial charge in [0.1, 0.15) is 23.8 Å². The number of para-hydroxylation sites is 1. The molecule has 1 unspecified atom stereocenters. The third-order valence-corrected chi connectivity index (χ3v) is 8.31. The second kappa shape index (κ2) is 12.1. The van der Waals surface area contributed by atoms with Crippen LogP contribution in [0.5, 0.6) is 5.75 Å². The summed E-state index contributed by atoms with van der Waals surface area (Å²) in [5, 5.41) is 22.7. The summed E-state index contributed by atoms with van der Waals surface area (Å²) in [6.45, 7) is 7.51. The van der Waals surface area contributed by atoms with Gasteiger partial charge in [0, 0.05) is 0 Å². The Morgan fingerprint density at radius 2 is 2.00 bits per heavy atom. The van der Waals surface area contributed by atoms with Crippen LogP contribution in [0.4, 0.5) is 0 Å². The van der Waals surface area contributed by atoms with Crippen molar-refractivity contribution >= 4 is 24.7 Å². The molecule has 3 aromatic rings. The maximum atomic E-state index is 14.0. The molecule has 6 atom stereocenters. The summed E-state index contributed by atoms with van der Waals surface area (Å²) < 4.78 is 38.0. The lowest BCUT2D eigenvalue weighted by molar-refractivity contribution is -0.151. The zero-order chi connectivity index (χ0) is 29.9. The Morgan fingerprint density at radius 1 is 1.29 bits per heavy atom. The van der Waals surface area contributed by atoms with E-state index >= 15 is 0 Å². The van der Waals surface area contributed by atoms with Crippen LogP contribution in [0, 0.1) is 24.7 Å². The highest BCUT2D eigenvalue weighted by Crippen LogP contribution is 2.51. The molecule has 0 spiro atoms. The van der Waals surface area contributed by atoms with Gasteiger partial charge in [-0.3, -0.25) is 18.7 Å². The molecule has 1 fully saturated rings. The lowest BCUT2D eigenvalue weighted by Crippen LogP contribution is -2.46. The number of ether oxygens (including phenoxy) is 2. The number of aryl methyl sites for hydroxylation is 1. The monoisotopic (exact) mass is 588 g/mol. The van der Waals surface area contributed by atoms with Gasteiger partial charge in [-0.25, -0.2) is 14.5 Å². The highest BCUT2D eigenvalue weighted by Gasteiger charge is 2.56. The maximum Gasteiger partial charge on any atom is 0.380 e. The normalized spacial score (nSPS) is 24.4. The van der Waals surface area contributed by atoms with E-state index in [9.17, 15) is 24.4 Å². The molecule has 220 valence electrons. The van der Waals surface area contributed by atoms with Crippen LogP contribution in [0.3, 0.4) is 0 Å². The van der Waals surface area contributed by atoms with Crippen LogP contribution in [-0.2, 0) is 23.4 Å². The highest BCUT2D eigenvalue weighted by molar-refractivity contribution is 7.54. The molecule has 0 amide bonds. The number of nitrogens with zero attached hydrogens (tertiary/aromatic N) is 3. The van der Waals surface area contributed by atoms with Crippen LogP contribution in [0.1, 0.15) is 39.7 Å². The first-order valence-electron chi connectivity index (χ1n) is 13.0. The molecule has 0 aliphatic carbocycles. The molecule has 0 bridgehead atoms. The number of carbonyl (C=O) groups is 1. The van der Waals surface area contributed by atoms with Crippen molar-refractivity contribution in [2.24, 2.45) is 5.92 Å². The molecule has 1 aromatic carbocycles. The SMILES string of the molecule is CC#CC1(O)[C@@H](O)[C@@H](CO[P@@](=O)(C[C@@H](C)C(=O)OC(C)C)Oc2ccccc2)O[C@H]1n1cnc2c(=O)[nH]c(C)nc21. The zero-order valence-electron chi connectivity index (χ0n) is 23.3. The van der Waals surface area contributed by atoms with Gasteiger partial charge in [-0.1, -0.05) is 31.0 Å². The molecule has 2 aromatic heterocycles. The minimum atomic E-state index is -4.05. The van der Waals surface area contributed by atoms with E-state index in [1.165, 1.54) is 17.8 Å². The van der Waals surface area contributed by atoms with Gasteiger partial charge < -0.3 is 29.2 Å². The van der Waals surface area contributed by atoms with E-state index in [-0.39, 0.29) is 29.2 Å². The maximum absolute atomic E-state index is 14.0. The molecule has 3 N–H and O–H groups in total. The van der Waals surface area contributed by atoms with Crippen molar-refractivity contribution in [2.45, 2.75) is 64.8 Å². The quantitative estimate of drug-likeness (QED) is 0.180. The first-order chi connectivity index (χ1) is 19.4. The zero-order valence-corrected chi connectivity index (χ0v) is 24.2. The molecule has 1 saturated heterocycles. The number of aliphatic hydroxyl groups is 2. The van der Waals surface area contributed by atoms with E-state index in [1.807, 2.05) is 0 Å². The summed E-state index contributed by atoms with van der Waals surface area (Å²) in [7, 11) is -4.05. The first-order valence-corrected chi connectivity index (χ1v) is 14.7. The minimum absolute atomic E-state index is 0.00299. The van der Waals surface area contributed by atoms with Crippen LogP contribution in [-0.4, -0.2) is 72.4 Å². The summed E-state index contributed by atoms with van der Waals surface area (Å²) in [6.07, 6.45) is -3.69. The molecule has 1 aliphatic rings. The van der Waals surface area contributed by atoms with Crippen molar-refractivity contribution in [3.63, 3.8) is 0 Å². The third kappa shape index (κ3) is 6.53. The van der Waals surface area contributed by atoms with Crippen LogP contribution in [0.25, 0.3) is 11.2 Å². The number of rotatable bonds is 10. The topological polar surface area (TPSA) is 175 Å². The van der Waals surface area contributed by atoms with Gasteiger partial charge in [-0.05, 0) is 39.8 Å². The van der Waals surface area contributed by atoms with Crippen molar-refractivity contribution in [3.05, 3.63) is 52.8 Å². The number of fused-ring (bicyclic) bond motifs is 1. The van der Waals surface area contributed by atoms with Crippen molar-refractivity contribution in [3.8, 4) is 17.6 Å². The molecular weight excluding hydrogens is 555 g/mol. The van der Waals surface area contributed by atoms with Crippen LogP contribution >= 0.6 is 7.60 Å². The van der Waals surface area contributed by atoms with Gasteiger partial charge in [0.15, 0.2) is 23.0 Å². The van der Waals surface area contributed by atoms with E-state index in [0.29, 0.717) is 5.82 Å². The average molecular weight is 589 g/mol. The van der Waals surface area contributed by atoms with Crippen molar-refractivity contribution in [1.29, 1.82) is 0 Å². The molecule has 41 heavy (non-hydrogen) atoms. The lowest BCUT2D eigenvalue weighted by Gasteiger charge is -2.26. The van der Waals surface area contributed by atoms with E-state index in [2.05, 4.69) is 26.8 Å². The van der Waals surface area contributed by atoms with Crippen molar-refractivity contribution in [2.75, 3.05) is 12.8 Å². The number of hydrogen-bond donors (Lipinski definition) is 3. The van der Waals surface area contributed by atoms with E-state index in [1.54, 1.807) is 58.0 Å². The number of hydrogen-bond acceptors (Lipinski definition) is 11. The largest absolute Gasteiger partial charge is 0.463 e. The number of aromatic amines is 1. The fraction of sp³-hybridized carbons (Fsp3) is 0.481. The molecule has 0 radical (unpaired) electrons. The molecule has 0 saturated carbocycles. The van der Waals surface area contributed by atoms with Crippen LogP contribution in [0.2, 0.25) is 0 Å². The Bertz CT molecular complexity index is 1560. The van der Waals surface area contributed by atoms with Gasteiger partial charge in [0.25, 0.3) is 5.56 Å². The van der Waals surface area contributed by atoms with E-state index in [4.69, 9.17) is 18.5 Å². The van der Waals surface area contributed by atoms with Crippen LogP contribution in [0.15, 0.2) is 41.5 Å². The molecule has 3 heterocycles. The molecule has 14 heteroatoms. The van der Waals surface area contributed by atoms with Gasteiger partial charge in [-0.15, -0.1) is 5.92 Å². The number of esters is 1. The predicted molar refractivity (Wildman–Crippen MR) is 147 cm³/mol. The van der Waals surface area contributed by atoms with Crippen LogP contribution < -0.4 is 10.1 Å². The second-order valence-electron chi connectivity index (χ2n) is 10.0. The van der Waals surface area contributed by atoms with Gasteiger partial charge in [-0.2, -0.15) is 0 Å². The fourth-order valence-corrected chi connectivity index (χ4v) is 6.30. The van der Waals surface area contributed by atoms with Crippen molar-refractivity contribution < 1.29 is 38.1 Å². The second-order valence-corrected chi connectivity index (χ2v) is 12.1. The minimum Gasteiger partial charge on any atom is -0.463 e. The molecule has 13 nitrogen and oxygen atoms in total. The summed E-state index contributed by atoms with van der Waals surface area (Å²) in [6, 6.07) is 8.29. The first kappa shape index (κ1) is 30.4. The predicted octanol–water partition coefficient (Wildman–Crippen LogP) is 2.32. The summed E-state index contributed by atoms with van der Waals surface area (Å²) in [4.78, 5) is 35.8. The number of aliphatic hydroxyl groups excluding tert-OH is 1. The van der Waals surface area contributed by atoms with Gasteiger partial charge in [0.2, 0.25) is 0 Å². The number of H-pyrrole nitrogens is 1. The Labute approximate surface area is 236 Å². The van der Waals surface area contributed by atoms with Crippen molar-refractivity contribution in [1.82, 2.24) is 19.5 Å². The summed E-state index contributed by atoms with van der Waals surface area (Å²) in [5.41, 5.74) is -2.55. The van der Waals surface area contributed by atoms with Gasteiger partial charge >= 0.3 is 13.6 Å². The van der Waals surface area contributed by atoms with Gasteiger partial charge in [0.05, 0.1) is 31.1 Å². The Kier molecular flexibility index (Phi) is 9.01. The summed E-state index contributed by atoms with van der Waals surface area (Å²) in [5.74, 6) is 4.30. The number of imidazole rings is 1. The Morgan fingerprint density at radius 3 is 2.66 bits per heavy atom. The number of nitrogens with one attached hydrogen (secondary N) is 1. The third-order valence-electron chi connectivity index (χ3n) is 6.29. The van der Waals surface area contributed by atoms with E-state index < -0.39 is 55.7 Å². The highest BCUT2D eigenvalue weighted by atomic mass is 31.2. The molecule has 4 rings (SSSR count). The number of carbonyl (C=O) groups excluding carboxylic acids is 1. The smallest absolute Gasteiger partial charge is 0.380 e. The molecule has 1 aliphatic heterocycles. The Balaban J connectivity index is 1.62. The van der Waals surface area contributed by atoms with E-state index in [0.717, 1.165) is 0 Å².